The van der Waals surface area contributed by atoms with Gasteiger partial charge in [-0.05, 0) is 25.5 Å². The Morgan fingerprint density at radius 3 is 2.39 bits per heavy atom. The van der Waals surface area contributed by atoms with Crippen molar-refractivity contribution in [3.63, 3.8) is 0 Å². The number of hydrogen-bond acceptors (Lipinski definition) is 3. The number of nitrogens with zero attached hydrogens (tertiary/aromatic N) is 5. The molecule has 4 rings (SSSR count). The summed E-state index contributed by atoms with van der Waals surface area (Å²) < 4.78 is 43.8. The highest BCUT2D eigenvalue weighted by Crippen LogP contribution is 2.32. The van der Waals surface area contributed by atoms with E-state index in [4.69, 9.17) is 0 Å². The highest BCUT2D eigenvalue weighted by molar-refractivity contribution is 5.95. The molecule has 9 heteroatoms. The van der Waals surface area contributed by atoms with Crippen molar-refractivity contribution in [3.05, 3.63) is 58.3 Å². The maximum absolute atomic E-state index is 13.7. The van der Waals surface area contributed by atoms with Gasteiger partial charge in [-0.15, -0.1) is 0 Å². The molecule has 3 aromatic rings. The number of fused-ring (bicyclic) bond motifs is 1. The Labute approximate surface area is 159 Å². The smallest absolute Gasteiger partial charge is 0.257 e. The first kappa shape index (κ1) is 18.3. The van der Waals surface area contributed by atoms with Crippen molar-refractivity contribution < 1.29 is 18.0 Å². The van der Waals surface area contributed by atoms with Gasteiger partial charge in [0, 0.05) is 37.5 Å². The summed E-state index contributed by atoms with van der Waals surface area (Å²) in [5.74, 6) is -4.13. The van der Waals surface area contributed by atoms with Gasteiger partial charge in [-0.25, -0.2) is 13.2 Å². The summed E-state index contributed by atoms with van der Waals surface area (Å²) in [4.78, 5) is 14.5. The van der Waals surface area contributed by atoms with Crippen molar-refractivity contribution in [2.24, 2.45) is 14.1 Å². The van der Waals surface area contributed by atoms with Gasteiger partial charge in [-0.3, -0.25) is 14.2 Å². The van der Waals surface area contributed by atoms with Gasteiger partial charge in [0.15, 0.2) is 17.5 Å². The molecule has 2 aromatic heterocycles. The molecule has 0 saturated heterocycles. The molecule has 0 radical (unpaired) electrons. The maximum atomic E-state index is 13.7. The minimum Gasteiger partial charge on any atom is -0.332 e. The zero-order valence-electron chi connectivity index (χ0n) is 15.6. The standard InChI is InChI=1S/C19H18F3N5O/c1-10-13(8-23-25(10)2)19(28)27-5-4-12-16(9-27)24-26(3)18(12)11-6-14(20)17(22)15(21)7-11/h6-8H,4-5,9H2,1-3H3. The van der Waals surface area contributed by atoms with Crippen LogP contribution in [0.15, 0.2) is 18.3 Å². The van der Waals surface area contributed by atoms with E-state index in [1.165, 1.54) is 4.68 Å². The molecule has 0 fully saturated rings. The molecule has 0 atom stereocenters. The lowest BCUT2D eigenvalue weighted by Gasteiger charge is -2.26. The molecule has 3 heterocycles. The van der Waals surface area contributed by atoms with Gasteiger partial charge >= 0.3 is 0 Å². The molecule has 0 unspecified atom stereocenters. The third-order valence-corrected chi connectivity index (χ3v) is 5.21. The third-order valence-electron chi connectivity index (χ3n) is 5.21. The highest BCUT2D eigenvalue weighted by Gasteiger charge is 2.29. The van der Waals surface area contributed by atoms with Crippen molar-refractivity contribution in [1.29, 1.82) is 0 Å². The zero-order chi connectivity index (χ0) is 20.2. The Bertz CT molecular complexity index is 1080. The van der Waals surface area contributed by atoms with Crippen LogP contribution in [0.2, 0.25) is 0 Å². The van der Waals surface area contributed by atoms with Gasteiger partial charge in [0.2, 0.25) is 0 Å². The number of rotatable bonds is 2. The molecule has 0 bridgehead atoms. The third kappa shape index (κ3) is 2.78. The molecule has 1 aliphatic heterocycles. The fourth-order valence-corrected chi connectivity index (χ4v) is 3.63. The molecule has 1 aliphatic rings. The number of carbonyl (C=O) groups is 1. The molecular weight excluding hydrogens is 371 g/mol. The molecule has 6 nitrogen and oxygen atoms in total. The molecular formula is C19H18F3N5O. The second kappa shape index (κ2) is 6.50. The van der Waals surface area contributed by atoms with Crippen LogP contribution in [0.1, 0.15) is 27.3 Å². The van der Waals surface area contributed by atoms with Crippen LogP contribution >= 0.6 is 0 Å². The number of hydrogen-bond donors (Lipinski definition) is 0. The number of halogens is 3. The minimum absolute atomic E-state index is 0.137. The molecule has 1 amide bonds. The predicted molar refractivity (Wildman–Crippen MR) is 94.9 cm³/mol. The Kier molecular flexibility index (Phi) is 4.24. The van der Waals surface area contributed by atoms with Crippen LogP contribution in [0.3, 0.4) is 0 Å². The van der Waals surface area contributed by atoms with E-state index in [0.717, 1.165) is 23.4 Å². The fraction of sp³-hybridized carbons (Fsp3) is 0.316. The largest absolute Gasteiger partial charge is 0.332 e. The van der Waals surface area contributed by atoms with Gasteiger partial charge < -0.3 is 4.90 Å². The molecule has 0 N–H and O–H groups in total. The van der Waals surface area contributed by atoms with Crippen molar-refractivity contribution in [1.82, 2.24) is 24.5 Å². The minimum atomic E-state index is -1.50. The monoisotopic (exact) mass is 389 g/mol. The summed E-state index contributed by atoms with van der Waals surface area (Å²) in [5.41, 5.74) is 3.51. The van der Waals surface area contributed by atoms with E-state index < -0.39 is 17.5 Å². The molecule has 146 valence electrons. The molecule has 1 aromatic carbocycles. The van der Waals surface area contributed by atoms with E-state index >= 15 is 0 Å². The predicted octanol–water partition coefficient (Wildman–Crippen LogP) is 2.74. The van der Waals surface area contributed by atoms with Crippen LogP contribution in [0, 0.1) is 24.4 Å². The molecule has 0 spiro atoms. The average molecular weight is 389 g/mol. The lowest BCUT2D eigenvalue weighted by atomic mass is 9.99. The highest BCUT2D eigenvalue weighted by atomic mass is 19.2. The summed E-state index contributed by atoms with van der Waals surface area (Å²) in [6, 6.07) is 1.93. The fourth-order valence-electron chi connectivity index (χ4n) is 3.63. The van der Waals surface area contributed by atoms with Crippen LogP contribution < -0.4 is 0 Å². The summed E-state index contributed by atoms with van der Waals surface area (Å²) in [5, 5.41) is 8.53. The number of amides is 1. The van der Waals surface area contributed by atoms with Crippen molar-refractivity contribution >= 4 is 5.91 Å². The van der Waals surface area contributed by atoms with E-state index in [1.54, 1.807) is 29.9 Å². The number of carbonyl (C=O) groups excluding carboxylic acids is 1. The Hall–Kier alpha value is -3.10. The average Bonchev–Trinajstić information content (AvgIpc) is 3.16. The Morgan fingerprint density at radius 1 is 1.11 bits per heavy atom. The second-order valence-corrected chi connectivity index (χ2v) is 6.90. The van der Waals surface area contributed by atoms with Crippen LogP contribution in [0.25, 0.3) is 11.3 Å². The van der Waals surface area contributed by atoms with E-state index in [0.29, 0.717) is 29.9 Å². The van der Waals surface area contributed by atoms with Crippen LogP contribution in [-0.4, -0.2) is 36.9 Å². The Balaban J connectivity index is 1.68. The lowest BCUT2D eigenvalue weighted by Crippen LogP contribution is -2.36. The van der Waals surface area contributed by atoms with Gasteiger partial charge in [0.05, 0.1) is 29.7 Å². The van der Waals surface area contributed by atoms with Crippen LogP contribution in [0.4, 0.5) is 13.2 Å². The first-order valence-corrected chi connectivity index (χ1v) is 8.75. The topological polar surface area (TPSA) is 56.0 Å². The van der Waals surface area contributed by atoms with E-state index in [1.807, 2.05) is 6.92 Å². The van der Waals surface area contributed by atoms with E-state index in [9.17, 15) is 18.0 Å². The lowest BCUT2D eigenvalue weighted by molar-refractivity contribution is 0.0731. The van der Waals surface area contributed by atoms with Crippen molar-refractivity contribution in [2.75, 3.05) is 6.54 Å². The Morgan fingerprint density at radius 2 is 1.79 bits per heavy atom. The van der Waals surface area contributed by atoms with Crippen molar-refractivity contribution in [3.8, 4) is 11.3 Å². The quantitative estimate of drug-likeness (QED) is 0.634. The normalized spacial score (nSPS) is 13.7. The molecule has 0 saturated carbocycles. The van der Waals surface area contributed by atoms with E-state index in [-0.39, 0.29) is 18.0 Å². The van der Waals surface area contributed by atoms with Crippen molar-refractivity contribution in [2.45, 2.75) is 19.9 Å². The van der Waals surface area contributed by atoms with E-state index in [2.05, 4.69) is 10.2 Å². The maximum Gasteiger partial charge on any atom is 0.257 e. The number of benzene rings is 1. The summed E-state index contributed by atoms with van der Waals surface area (Å²) >= 11 is 0. The van der Waals surface area contributed by atoms with Gasteiger partial charge in [-0.2, -0.15) is 10.2 Å². The van der Waals surface area contributed by atoms with Gasteiger partial charge in [0.25, 0.3) is 5.91 Å². The van der Waals surface area contributed by atoms with Gasteiger partial charge in [0.1, 0.15) is 0 Å². The second-order valence-electron chi connectivity index (χ2n) is 6.90. The first-order chi connectivity index (χ1) is 13.3. The summed E-state index contributed by atoms with van der Waals surface area (Å²) in [6.07, 6.45) is 2.02. The summed E-state index contributed by atoms with van der Waals surface area (Å²) in [7, 11) is 3.43. The van der Waals surface area contributed by atoms with Crippen LogP contribution in [-0.2, 0) is 27.1 Å². The van der Waals surface area contributed by atoms with Gasteiger partial charge in [-0.1, -0.05) is 0 Å². The SMILES string of the molecule is Cc1c(C(=O)N2CCc3c(nn(C)c3-c3cc(F)c(F)c(F)c3)C2)cnn1C. The zero-order valence-corrected chi connectivity index (χ0v) is 15.6. The molecule has 28 heavy (non-hydrogen) atoms. The number of aryl methyl sites for hydroxylation is 2. The summed E-state index contributed by atoms with van der Waals surface area (Å²) in [6.45, 7) is 2.54. The molecule has 0 aliphatic carbocycles. The first-order valence-electron chi connectivity index (χ1n) is 8.75. The van der Waals surface area contributed by atoms with Crippen LogP contribution in [0.5, 0.6) is 0 Å². The number of aromatic nitrogens is 4.